The molecule has 2 aromatic carbocycles. The molecule has 0 aliphatic carbocycles. The second-order valence-corrected chi connectivity index (χ2v) is 13.3. The highest BCUT2D eigenvalue weighted by Crippen LogP contribution is 2.27. The maximum atomic E-state index is 13.3. The zero-order valence-corrected chi connectivity index (χ0v) is 26.5. The topological polar surface area (TPSA) is 141 Å². The van der Waals surface area contributed by atoms with Crippen LogP contribution in [0.4, 0.5) is 11.4 Å². The van der Waals surface area contributed by atoms with Gasteiger partial charge in [0.2, 0.25) is 15.9 Å². The molecule has 0 saturated carbocycles. The number of benzene rings is 2. The van der Waals surface area contributed by atoms with Crippen molar-refractivity contribution < 1.29 is 22.8 Å². The van der Waals surface area contributed by atoms with Crippen LogP contribution in [0.2, 0.25) is 10.0 Å². The Bertz CT molecular complexity index is 1620. The fourth-order valence-corrected chi connectivity index (χ4v) is 7.02. The van der Waals surface area contributed by atoms with Crippen molar-refractivity contribution in [1.29, 1.82) is 0 Å². The number of nitrogens with one attached hydrogen (secondary N) is 3. The molecule has 3 aromatic rings. The van der Waals surface area contributed by atoms with E-state index in [-0.39, 0.29) is 56.9 Å². The Morgan fingerprint density at radius 1 is 1.05 bits per heavy atom. The molecule has 1 saturated heterocycles. The van der Waals surface area contributed by atoms with E-state index in [2.05, 4.69) is 20.3 Å². The normalized spacial score (nSPS) is 14.6. The molecule has 0 unspecified atom stereocenters. The largest absolute Gasteiger partial charge is 0.348 e. The second kappa shape index (κ2) is 14.4. The number of hydrogen-bond acceptors (Lipinski definition) is 8. The standard InChI is InChI=1S/C28H30Cl2N6O5S2/c1-35(2)13-5-10-24(37)31-19-6-3-7-20(16-19)43(40,41)36-14-11-18(12-15-36)32-28(39)26-23(17-42-34-26)33-27(38)25-21(29)8-4-9-22(25)30/h3-10,16-18H,11-15H2,1-2H3,(H,31,37)(H,32,39)(H,33,38). The molecule has 1 aromatic heterocycles. The number of amides is 3. The molecule has 3 amide bonds. The third-order valence-corrected chi connectivity index (χ3v) is 9.64. The highest BCUT2D eigenvalue weighted by atomic mass is 35.5. The predicted octanol–water partition coefficient (Wildman–Crippen LogP) is 4.34. The summed E-state index contributed by atoms with van der Waals surface area (Å²) >= 11 is 13.3. The molecule has 4 rings (SSSR count). The summed E-state index contributed by atoms with van der Waals surface area (Å²) in [4.78, 5) is 40.0. The van der Waals surface area contributed by atoms with E-state index in [1.54, 1.807) is 24.3 Å². The van der Waals surface area contributed by atoms with Crippen LogP contribution in [0.25, 0.3) is 0 Å². The highest BCUT2D eigenvalue weighted by molar-refractivity contribution is 7.89. The molecular formula is C28H30Cl2N6O5S2. The van der Waals surface area contributed by atoms with E-state index in [0.717, 1.165) is 11.5 Å². The lowest BCUT2D eigenvalue weighted by Gasteiger charge is -2.31. The summed E-state index contributed by atoms with van der Waals surface area (Å²) in [6, 6.07) is 10.5. The van der Waals surface area contributed by atoms with Gasteiger partial charge in [-0.15, -0.1) is 0 Å². The lowest BCUT2D eigenvalue weighted by atomic mass is 10.1. The van der Waals surface area contributed by atoms with Crippen molar-refractivity contribution in [2.45, 2.75) is 23.8 Å². The first-order valence-electron chi connectivity index (χ1n) is 13.2. The smallest absolute Gasteiger partial charge is 0.273 e. The number of carbonyl (C=O) groups excluding carboxylic acids is 3. The zero-order chi connectivity index (χ0) is 31.1. The molecule has 1 aliphatic heterocycles. The van der Waals surface area contributed by atoms with Crippen LogP contribution in [0.15, 0.2) is 64.9 Å². The minimum Gasteiger partial charge on any atom is -0.348 e. The fraction of sp³-hybridized carbons (Fsp3) is 0.286. The Morgan fingerprint density at radius 2 is 1.72 bits per heavy atom. The summed E-state index contributed by atoms with van der Waals surface area (Å²) in [7, 11) is -0.0688. The van der Waals surface area contributed by atoms with E-state index in [4.69, 9.17) is 23.2 Å². The van der Waals surface area contributed by atoms with E-state index < -0.39 is 21.8 Å². The lowest BCUT2D eigenvalue weighted by molar-refractivity contribution is -0.111. The van der Waals surface area contributed by atoms with Crippen molar-refractivity contribution in [2.24, 2.45) is 0 Å². The van der Waals surface area contributed by atoms with Crippen LogP contribution in [0.1, 0.15) is 33.7 Å². The van der Waals surface area contributed by atoms with Gasteiger partial charge in [0.25, 0.3) is 11.8 Å². The molecule has 3 N–H and O–H groups in total. The Balaban J connectivity index is 1.34. The quantitative estimate of drug-likeness (QED) is 0.274. The molecule has 1 fully saturated rings. The summed E-state index contributed by atoms with van der Waals surface area (Å²) in [6.45, 7) is 0.963. The maximum absolute atomic E-state index is 13.3. The Labute approximate surface area is 264 Å². The predicted molar refractivity (Wildman–Crippen MR) is 169 cm³/mol. The van der Waals surface area contributed by atoms with Gasteiger partial charge < -0.3 is 20.9 Å². The molecule has 228 valence electrons. The van der Waals surface area contributed by atoms with E-state index >= 15 is 0 Å². The Morgan fingerprint density at radius 3 is 2.40 bits per heavy atom. The van der Waals surface area contributed by atoms with Crippen LogP contribution in [0.3, 0.4) is 0 Å². The number of anilines is 2. The van der Waals surface area contributed by atoms with E-state index in [1.165, 1.54) is 40.0 Å². The summed E-state index contributed by atoms with van der Waals surface area (Å²) in [5.41, 5.74) is 0.697. The van der Waals surface area contributed by atoms with Crippen LogP contribution in [0.5, 0.6) is 0 Å². The summed E-state index contributed by atoms with van der Waals surface area (Å²) < 4.78 is 32.2. The van der Waals surface area contributed by atoms with Crippen molar-refractivity contribution in [3.63, 3.8) is 0 Å². The van der Waals surface area contributed by atoms with Crippen LogP contribution in [-0.2, 0) is 14.8 Å². The maximum Gasteiger partial charge on any atom is 0.273 e. The van der Waals surface area contributed by atoms with Gasteiger partial charge in [-0.25, -0.2) is 8.42 Å². The van der Waals surface area contributed by atoms with Gasteiger partial charge in [-0.05, 0) is 68.8 Å². The third-order valence-electron chi connectivity index (χ3n) is 6.49. The number of hydrogen-bond donors (Lipinski definition) is 3. The molecule has 0 spiro atoms. The van der Waals surface area contributed by atoms with Gasteiger partial charge >= 0.3 is 0 Å². The van der Waals surface area contributed by atoms with Crippen LogP contribution < -0.4 is 16.0 Å². The van der Waals surface area contributed by atoms with Gasteiger partial charge in [0.1, 0.15) is 0 Å². The van der Waals surface area contributed by atoms with Crippen molar-refractivity contribution in [2.75, 3.05) is 44.4 Å². The summed E-state index contributed by atoms with van der Waals surface area (Å²) in [6.07, 6.45) is 3.86. The zero-order valence-electron chi connectivity index (χ0n) is 23.3. The Kier molecular flexibility index (Phi) is 10.9. The van der Waals surface area contributed by atoms with Gasteiger partial charge in [-0.2, -0.15) is 8.68 Å². The average molecular weight is 666 g/mol. The van der Waals surface area contributed by atoms with E-state index in [0.29, 0.717) is 25.1 Å². The first-order valence-corrected chi connectivity index (χ1v) is 16.2. The van der Waals surface area contributed by atoms with Crippen LogP contribution in [-0.4, -0.2) is 79.5 Å². The molecular weight excluding hydrogens is 635 g/mol. The van der Waals surface area contributed by atoms with Gasteiger partial charge in [0.05, 0.1) is 26.2 Å². The SMILES string of the molecule is CN(C)CC=CC(=O)Nc1cccc(S(=O)(=O)N2CCC(NC(=O)c3nscc3NC(=O)c3c(Cl)cccc3Cl)CC2)c1. The number of piperidine rings is 1. The molecule has 2 heterocycles. The second-order valence-electron chi connectivity index (χ2n) is 9.96. The molecule has 0 radical (unpaired) electrons. The van der Waals surface area contributed by atoms with E-state index in [9.17, 15) is 22.8 Å². The number of sulfonamides is 1. The molecule has 11 nitrogen and oxygen atoms in total. The minimum atomic E-state index is -3.83. The molecule has 0 bridgehead atoms. The van der Waals surface area contributed by atoms with Gasteiger partial charge in [0, 0.05) is 42.8 Å². The third kappa shape index (κ3) is 8.40. The van der Waals surface area contributed by atoms with Gasteiger partial charge in [-0.3, -0.25) is 14.4 Å². The monoisotopic (exact) mass is 664 g/mol. The Hall–Kier alpha value is -3.33. The molecule has 43 heavy (non-hydrogen) atoms. The number of halogens is 2. The summed E-state index contributed by atoms with van der Waals surface area (Å²) in [5, 5.41) is 10.1. The number of likely N-dealkylation sites (N-methyl/N-ethyl adjacent to an activating group) is 1. The number of carbonyl (C=O) groups is 3. The van der Waals surface area contributed by atoms with Crippen LogP contribution in [0, 0.1) is 0 Å². The minimum absolute atomic E-state index is 0.0343. The van der Waals surface area contributed by atoms with Crippen molar-refractivity contribution in [3.8, 4) is 0 Å². The van der Waals surface area contributed by atoms with Crippen LogP contribution >= 0.6 is 34.7 Å². The lowest BCUT2D eigenvalue weighted by Crippen LogP contribution is -2.46. The number of nitrogens with zero attached hydrogens (tertiary/aromatic N) is 3. The average Bonchev–Trinajstić information content (AvgIpc) is 3.41. The first kappa shape index (κ1) is 32.6. The van der Waals surface area contributed by atoms with E-state index in [1.807, 2.05) is 19.0 Å². The molecule has 15 heteroatoms. The number of aromatic nitrogens is 1. The molecule has 1 aliphatic rings. The fourth-order valence-electron chi connectivity index (χ4n) is 4.32. The number of rotatable bonds is 10. The first-order chi connectivity index (χ1) is 20.5. The van der Waals surface area contributed by atoms with Crippen molar-refractivity contribution in [3.05, 3.63) is 81.3 Å². The highest BCUT2D eigenvalue weighted by Gasteiger charge is 2.31. The summed E-state index contributed by atoms with van der Waals surface area (Å²) in [5.74, 6) is -1.43. The van der Waals surface area contributed by atoms with Crippen molar-refractivity contribution in [1.82, 2.24) is 18.9 Å². The molecule has 0 atom stereocenters. The van der Waals surface area contributed by atoms with Gasteiger partial charge in [-0.1, -0.05) is 41.4 Å². The van der Waals surface area contributed by atoms with Crippen molar-refractivity contribution >= 4 is 73.9 Å². The van der Waals surface area contributed by atoms with Gasteiger partial charge in [0.15, 0.2) is 5.69 Å².